The van der Waals surface area contributed by atoms with Gasteiger partial charge < -0.3 is 10.4 Å². The molecule has 4 nitrogen and oxygen atoms in total. The van der Waals surface area contributed by atoms with E-state index in [2.05, 4.69) is 5.32 Å². The van der Waals surface area contributed by atoms with Crippen LogP contribution in [0.3, 0.4) is 0 Å². The second-order valence-corrected chi connectivity index (χ2v) is 5.80. The molecule has 0 radical (unpaired) electrons. The molecule has 0 fully saturated rings. The van der Waals surface area contributed by atoms with E-state index in [1.807, 2.05) is 0 Å². The van der Waals surface area contributed by atoms with Crippen LogP contribution in [0.1, 0.15) is 18.0 Å². The van der Waals surface area contributed by atoms with E-state index in [0.717, 1.165) is 0 Å². The summed E-state index contributed by atoms with van der Waals surface area (Å²) in [6.07, 6.45) is -4.72. The third-order valence-electron chi connectivity index (χ3n) is 2.49. The topological polar surface area (TPSA) is 66.4 Å². The Hall–Kier alpha value is -1.41. The van der Waals surface area contributed by atoms with E-state index in [0.29, 0.717) is 22.3 Å². The highest BCUT2D eigenvalue weighted by atomic mass is 35.5. The molecule has 0 unspecified atom stereocenters. The lowest BCUT2D eigenvalue weighted by molar-refractivity contribution is -0.137. The van der Waals surface area contributed by atoms with Crippen LogP contribution in [-0.2, 0) is 9.59 Å². The van der Waals surface area contributed by atoms with Gasteiger partial charge in [-0.2, -0.15) is 13.2 Å². The molecule has 0 aliphatic heterocycles. The molecule has 1 aromatic rings. The number of rotatable bonds is 7. The van der Waals surface area contributed by atoms with Crippen molar-refractivity contribution in [2.75, 3.05) is 11.5 Å². The monoisotopic (exact) mass is 355 g/mol. The first-order chi connectivity index (χ1) is 10.2. The fraction of sp³-hybridized carbons (Fsp3) is 0.385. The predicted molar refractivity (Wildman–Crippen MR) is 78.0 cm³/mol. The summed E-state index contributed by atoms with van der Waals surface area (Å²) >= 11 is 6.15. The lowest BCUT2D eigenvalue weighted by Crippen LogP contribution is -2.32. The minimum Gasteiger partial charge on any atom is -0.481 e. The van der Waals surface area contributed by atoms with Crippen LogP contribution in [-0.4, -0.2) is 34.7 Å². The average Bonchev–Trinajstić information content (AvgIpc) is 2.36. The second-order valence-electron chi connectivity index (χ2n) is 4.38. The third-order valence-corrected chi connectivity index (χ3v) is 3.73. The molecule has 0 spiro atoms. The molecule has 0 heterocycles. The molecule has 2 N–H and O–H groups in total. The third kappa shape index (κ3) is 7.56. The highest BCUT2D eigenvalue weighted by molar-refractivity contribution is 8.00. The maximum absolute atomic E-state index is 12.0. The lowest BCUT2D eigenvalue weighted by atomic mass is 10.0. The number of thioether (sulfide) groups is 1. The Kier molecular flexibility index (Phi) is 7.02. The number of hydrogen-bond donors (Lipinski definition) is 2. The molecular formula is C13H13ClF3NO3S. The number of amides is 1. The van der Waals surface area contributed by atoms with Gasteiger partial charge in [0, 0.05) is 5.02 Å². The molecule has 1 aromatic carbocycles. The average molecular weight is 356 g/mol. The minimum absolute atomic E-state index is 0.378. The van der Waals surface area contributed by atoms with Crippen molar-refractivity contribution in [3.05, 3.63) is 34.9 Å². The van der Waals surface area contributed by atoms with Crippen molar-refractivity contribution in [1.82, 2.24) is 5.32 Å². The standard InChI is InChI=1S/C13H13ClF3NO3S/c14-9-3-1-8(2-4-9)10(5-12(20)21)18-11(19)6-22-7-13(15,16)17/h1-4,10H,5-7H2,(H,18,19)(H,20,21)/t10-/m0/s1. The number of aliphatic carboxylic acids is 1. The second kappa shape index (κ2) is 8.28. The van der Waals surface area contributed by atoms with Crippen molar-refractivity contribution in [3.8, 4) is 0 Å². The van der Waals surface area contributed by atoms with E-state index in [9.17, 15) is 22.8 Å². The van der Waals surface area contributed by atoms with E-state index in [1.165, 1.54) is 12.1 Å². The van der Waals surface area contributed by atoms with Crippen LogP contribution in [0.2, 0.25) is 5.02 Å². The van der Waals surface area contributed by atoms with Gasteiger partial charge in [-0.1, -0.05) is 23.7 Å². The van der Waals surface area contributed by atoms with Gasteiger partial charge in [0.05, 0.1) is 24.0 Å². The summed E-state index contributed by atoms with van der Waals surface area (Å²) in [5, 5.41) is 11.7. The zero-order chi connectivity index (χ0) is 16.8. The number of alkyl halides is 3. The number of nitrogens with one attached hydrogen (secondary N) is 1. The summed E-state index contributed by atoms with van der Waals surface area (Å²) in [4.78, 5) is 22.5. The Morgan fingerprint density at radius 3 is 2.36 bits per heavy atom. The lowest BCUT2D eigenvalue weighted by Gasteiger charge is -2.17. The fourth-order valence-electron chi connectivity index (χ4n) is 1.62. The molecule has 0 aliphatic rings. The molecule has 0 saturated carbocycles. The molecule has 122 valence electrons. The van der Waals surface area contributed by atoms with Gasteiger partial charge in [-0.25, -0.2) is 0 Å². The van der Waals surface area contributed by atoms with Crippen molar-refractivity contribution >= 4 is 35.2 Å². The summed E-state index contributed by atoms with van der Waals surface area (Å²) < 4.78 is 36.0. The van der Waals surface area contributed by atoms with Gasteiger partial charge in [0.25, 0.3) is 0 Å². The Morgan fingerprint density at radius 2 is 1.86 bits per heavy atom. The first-order valence-electron chi connectivity index (χ1n) is 6.08. The summed E-state index contributed by atoms with van der Waals surface area (Å²) in [6, 6.07) is 5.36. The smallest absolute Gasteiger partial charge is 0.397 e. The van der Waals surface area contributed by atoms with Gasteiger partial charge >= 0.3 is 12.1 Å². The van der Waals surface area contributed by atoms with Crippen LogP contribution in [0.5, 0.6) is 0 Å². The van der Waals surface area contributed by atoms with E-state index in [-0.39, 0.29) is 6.42 Å². The van der Waals surface area contributed by atoms with E-state index in [1.54, 1.807) is 12.1 Å². The van der Waals surface area contributed by atoms with Gasteiger partial charge in [-0.3, -0.25) is 9.59 Å². The maximum Gasteiger partial charge on any atom is 0.397 e. The summed E-state index contributed by atoms with van der Waals surface area (Å²) in [5.41, 5.74) is 0.515. The number of carboxylic acids is 1. The predicted octanol–water partition coefficient (Wildman–Crippen LogP) is 3.27. The molecular weight excluding hydrogens is 343 g/mol. The zero-order valence-corrected chi connectivity index (χ0v) is 12.8. The summed E-state index contributed by atoms with van der Waals surface area (Å²) in [5.74, 6) is -3.33. The first-order valence-corrected chi connectivity index (χ1v) is 7.62. The molecule has 0 bridgehead atoms. The molecule has 22 heavy (non-hydrogen) atoms. The van der Waals surface area contributed by atoms with Crippen molar-refractivity contribution in [2.45, 2.75) is 18.6 Å². The first kappa shape index (κ1) is 18.6. The molecule has 0 saturated heterocycles. The van der Waals surface area contributed by atoms with Gasteiger partial charge in [-0.05, 0) is 17.7 Å². The number of carbonyl (C=O) groups excluding carboxylic acids is 1. The molecule has 1 rings (SSSR count). The van der Waals surface area contributed by atoms with Crippen LogP contribution in [0, 0.1) is 0 Å². The van der Waals surface area contributed by atoms with Crippen LogP contribution in [0.25, 0.3) is 0 Å². The number of hydrogen-bond acceptors (Lipinski definition) is 3. The van der Waals surface area contributed by atoms with Gasteiger partial charge in [0.1, 0.15) is 0 Å². The SMILES string of the molecule is O=C(O)C[C@H](NC(=O)CSCC(F)(F)F)c1ccc(Cl)cc1. The quantitative estimate of drug-likeness (QED) is 0.787. The summed E-state index contributed by atoms with van der Waals surface area (Å²) in [7, 11) is 0. The Labute approximate surface area is 134 Å². The normalized spacial score (nSPS) is 12.7. The molecule has 0 aliphatic carbocycles. The van der Waals surface area contributed by atoms with Crippen LogP contribution >= 0.6 is 23.4 Å². The largest absolute Gasteiger partial charge is 0.481 e. The van der Waals surface area contributed by atoms with E-state index >= 15 is 0 Å². The Morgan fingerprint density at radius 1 is 1.27 bits per heavy atom. The van der Waals surface area contributed by atoms with Crippen LogP contribution in [0.15, 0.2) is 24.3 Å². The number of carboxylic acid groups (broad SMARTS) is 1. The van der Waals surface area contributed by atoms with Crippen molar-refractivity contribution in [3.63, 3.8) is 0 Å². The molecule has 1 amide bonds. The van der Waals surface area contributed by atoms with Gasteiger partial charge in [-0.15, -0.1) is 11.8 Å². The van der Waals surface area contributed by atoms with Gasteiger partial charge in [0.2, 0.25) is 5.91 Å². The number of halogens is 4. The van der Waals surface area contributed by atoms with E-state index < -0.39 is 35.6 Å². The highest BCUT2D eigenvalue weighted by Crippen LogP contribution is 2.22. The number of carbonyl (C=O) groups is 2. The Balaban J connectivity index is 2.63. The maximum atomic E-state index is 12.0. The zero-order valence-electron chi connectivity index (χ0n) is 11.2. The number of benzene rings is 1. The van der Waals surface area contributed by atoms with E-state index in [4.69, 9.17) is 16.7 Å². The van der Waals surface area contributed by atoms with Crippen molar-refractivity contribution < 1.29 is 27.9 Å². The fourth-order valence-corrected chi connectivity index (χ4v) is 2.35. The molecule has 0 aromatic heterocycles. The Bertz CT molecular complexity index is 522. The van der Waals surface area contributed by atoms with Gasteiger partial charge in [0.15, 0.2) is 0 Å². The van der Waals surface area contributed by atoms with Crippen molar-refractivity contribution in [2.24, 2.45) is 0 Å². The minimum atomic E-state index is -4.35. The molecule has 1 atom stereocenters. The van der Waals surface area contributed by atoms with Crippen LogP contribution in [0.4, 0.5) is 13.2 Å². The molecule has 9 heteroatoms. The highest BCUT2D eigenvalue weighted by Gasteiger charge is 2.27. The van der Waals surface area contributed by atoms with Crippen molar-refractivity contribution in [1.29, 1.82) is 0 Å². The summed E-state index contributed by atoms with van der Waals surface area (Å²) in [6.45, 7) is 0. The van der Waals surface area contributed by atoms with Crippen LogP contribution < -0.4 is 5.32 Å².